The van der Waals surface area contributed by atoms with Gasteiger partial charge >= 0.3 is 6.03 Å². The molecule has 6 nitrogen and oxygen atoms in total. The molecule has 0 bridgehead atoms. The standard InChI is InChI=1S/C29H33N3O3/c1-3-35-27-14-12-26(13-15-27)31-29(34)32-16-6-11-25(20-32)23-9-5-10-24(18-23)28(33)30-19-22-8-4-7-21(2)17-22/h4-5,7-10,12-15,17-18,25H,3,6,11,16,19-20H2,1-2H3,(H,30,33)(H,31,34)/t25-/m0/s1. The zero-order chi connectivity index (χ0) is 24.6. The van der Waals surface area contributed by atoms with Crippen molar-refractivity contribution in [2.75, 3.05) is 25.0 Å². The molecule has 3 amide bonds. The van der Waals surface area contributed by atoms with Crippen LogP contribution in [0.4, 0.5) is 10.5 Å². The number of anilines is 1. The number of aryl methyl sites for hydroxylation is 1. The molecule has 1 atom stereocenters. The highest BCUT2D eigenvalue weighted by molar-refractivity contribution is 5.94. The Morgan fingerprint density at radius 2 is 1.83 bits per heavy atom. The molecule has 182 valence electrons. The molecule has 0 radical (unpaired) electrons. The Bertz CT molecular complexity index is 1160. The monoisotopic (exact) mass is 471 g/mol. The first kappa shape index (κ1) is 24.3. The van der Waals surface area contributed by atoms with Crippen molar-refractivity contribution < 1.29 is 14.3 Å². The average molecular weight is 472 g/mol. The first-order chi connectivity index (χ1) is 17.0. The van der Waals surface area contributed by atoms with Gasteiger partial charge in [0.05, 0.1) is 6.61 Å². The van der Waals surface area contributed by atoms with Crippen LogP contribution in [0, 0.1) is 6.92 Å². The molecule has 6 heteroatoms. The summed E-state index contributed by atoms with van der Waals surface area (Å²) in [6.07, 6.45) is 1.91. The minimum atomic E-state index is -0.106. The van der Waals surface area contributed by atoms with E-state index in [2.05, 4.69) is 22.8 Å². The van der Waals surface area contributed by atoms with Crippen LogP contribution < -0.4 is 15.4 Å². The number of benzene rings is 3. The van der Waals surface area contributed by atoms with Crippen LogP contribution in [0.1, 0.15) is 52.7 Å². The van der Waals surface area contributed by atoms with E-state index in [1.54, 1.807) is 0 Å². The number of carbonyl (C=O) groups is 2. The second-order valence-corrected chi connectivity index (χ2v) is 8.97. The largest absolute Gasteiger partial charge is 0.494 e. The second kappa shape index (κ2) is 11.6. The van der Waals surface area contributed by atoms with Crippen molar-refractivity contribution in [3.05, 3.63) is 95.1 Å². The summed E-state index contributed by atoms with van der Waals surface area (Å²) in [6.45, 7) is 6.42. The molecule has 35 heavy (non-hydrogen) atoms. The SMILES string of the molecule is CCOc1ccc(NC(=O)N2CCC[C@H](c3cccc(C(=O)NCc4cccc(C)c4)c3)C2)cc1. The van der Waals surface area contributed by atoms with Gasteiger partial charge in [0.15, 0.2) is 0 Å². The Hall–Kier alpha value is -3.80. The van der Waals surface area contributed by atoms with E-state index in [1.165, 1.54) is 5.56 Å². The Morgan fingerprint density at radius 1 is 1.03 bits per heavy atom. The highest BCUT2D eigenvalue weighted by Gasteiger charge is 2.25. The fourth-order valence-corrected chi connectivity index (χ4v) is 4.48. The van der Waals surface area contributed by atoms with Crippen molar-refractivity contribution in [1.29, 1.82) is 0 Å². The number of nitrogens with one attached hydrogen (secondary N) is 2. The van der Waals surface area contributed by atoms with E-state index in [0.717, 1.165) is 42.0 Å². The fourth-order valence-electron chi connectivity index (χ4n) is 4.48. The quantitative estimate of drug-likeness (QED) is 0.462. The number of hydrogen-bond acceptors (Lipinski definition) is 3. The van der Waals surface area contributed by atoms with Gasteiger partial charge in [0.1, 0.15) is 5.75 Å². The van der Waals surface area contributed by atoms with Crippen LogP contribution in [0.15, 0.2) is 72.8 Å². The van der Waals surface area contributed by atoms with Crippen LogP contribution in [-0.2, 0) is 6.54 Å². The van der Waals surface area contributed by atoms with Crippen LogP contribution in [0.25, 0.3) is 0 Å². The maximum absolute atomic E-state index is 12.9. The Kier molecular flexibility index (Phi) is 8.03. The molecule has 1 aliphatic rings. The van der Waals surface area contributed by atoms with Gasteiger partial charge in [-0.2, -0.15) is 0 Å². The number of ether oxygens (including phenoxy) is 1. The van der Waals surface area contributed by atoms with E-state index in [-0.39, 0.29) is 17.9 Å². The van der Waals surface area contributed by atoms with Gasteiger partial charge in [-0.25, -0.2) is 4.79 Å². The summed E-state index contributed by atoms with van der Waals surface area (Å²) < 4.78 is 5.46. The Morgan fingerprint density at radius 3 is 2.60 bits per heavy atom. The van der Waals surface area contributed by atoms with Crippen LogP contribution in [0.5, 0.6) is 5.75 Å². The van der Waals surface area contributed by atoms with Crippen LogP contribution >= 0.6 is 0 Å². The lowest BCUT2D eigenvalue weighted by Gasteiger charge is -2.33. The van der Waals surface area contributed by atoms with Gasteiger partial charge in [-0.05, 0) is 74.2 Å². The number of carbonyl (C=O) groups excluding carboxylic acids is 2. The highest BCUT2D eigenvalue weighted by atomic mass is 16.5. The third-order valence-corrected chi connectivity index (χ3v) is 6.28. The molecule has 4 rings (SSSR count). The third-order valence-electron chi connectivity index (χ3n) is 6.28. The second-order valence-electron chi connectivity index (χ2n) is 8.97. The number of amides is 3. The lowest BCUT2D eigenvalue weighted by molar-refractivity contribution is 0.0950. The number of urea groups is 1. The molecule has 0 saturated carbocycles. The topological polar surface area (TPSA) is 70.7 Å². The Balaban J connectivity index is 1.36. The van der Waals surface area contributed by atoms with Crippen molar-refractivity contribution >= 4 is 17.6 Å². The molecule has 2 N–H and O–H groups in total. The van der Waals surface area contributed by atoms with Gasteiger partial charge in [0.2, 0.25) is 0 Å². The van der Waals surface area contributed by atoms with E-state index in [9.17, 15) is 9.59 Å². The van der Waals surface area contributed by atoms with Gasteiger partial charge in [-0.15, -0.1) is 0 Å². The Labute approximate surface area is 207 Å². The van der Waals surface area contributed by atoms with Gasteiger partial charge in [-0.3, -0.25) is 4.79 Å². The van der Waals surface area contributed by atoms with Crippen LogP contribution in [0.2, 0.25) is 0 Å². The van der Waals surface area contributed by atoms with Gasteiger partial charge < -0.3 is 20.3 Å². The van der Waals surface area contributed by atoms with E-state index in [0.29, 0.717) is 25.3 Å². The highest BCUT2D eigenvalue weighted by Crippen LogP contribution is 2.28. The average Bonchev–Trinajstić information content (AvgIpc) is 2.89. The molecule has 0 aromatic heterocycles. The molecule has 0 aliphatic carbocycles. The summed E-state index contributed by atoms with van der Waals surface area (Å²) in [5.41, 5.74) is 4.73. The summed E-state index contributed by atoms with van der Waals surface area (Å²) in [5.74, 6) is 0.889. The minimum Gasteiger partial charge on any atom is -0.494 e. The fraction of sp³-hybridized carbons (Fsp3) is 0.310. The lowest BCUT2D eigenvalue weighted by atomic mass is 9.89. The molecule has 1 saturated heterocycles. The molecular formula is C29H33N3O3. The first-order valence-corrected chi connectivity index (χ1v) is 12.2. The maximum Gasteiger partial charge on any atom is 0.321 e. The van der Waals surface area contributed by atoms with Crippen molar-refractivity contribution in [1.82, 2.24) is 10.2 Å². The van der Waals surface area contributed by atoms with Crippen molar-refractivity contribution in [3.63, 3.8) is 0 Å². The van der Waals surface area contributed by atoms with Crippen LogP contribution in [-0.4, -0.2) is 36.5 Å². The third kappa shape index (κ3) is 6.63. The minimum absolute atomic E-state index is 0.0886. The smallest absolute Gasteiger partial charge is 0.321 e. The summed E-state index contributed by atoms with van der Waals surface area (Å²) in [5, 5.41) is 6.00. The summed E-state index contributed by atoms with van der Waals surface area (Å²) in [7, 11) is 0. The van der Waals surface area contributed by atoms with E-state index >= 15 is 0 Å². The predicted molar refractivity (Wildman–Crippen MR) is 139 cm³/mol. The predicted octanol–water partition coefficient (Wildman–Crippen LogP) is 5.74. The number of nitrogens with zero attached hydrogens (tertiary/aromatic N) is 1. The number of piperidine rings is 1. The zero-order valence-corrected chi connectivity index (χ0v) is 20.4. The molecule has 1 aliphatic heterocycles. The van der Waals surface area contributed by atoms with Gasteiger partial charge in [0, 0.05) is 36.8 Å². The van der Waals surface area contributed by atoms with E-state index in [4.69, 9.17) is 4.74 Å². The summed E-state index contributed by atoms with van der Waals surface area (Å²) in [4.78, 5) is 27.5. The molecule has 3 aromatic rings. The molecule has 1 fully saturated rings. The van der Waals surface area contributed by atoms with Crippen molar-refractivity contribution in [2.24, 2.45) is 0 Å². The van der Waals surface area contributed by atoms with Crippen molar-refractivity contribution in [3.8, 4) is 5.75 Å². The van der Waals surface area contributed by atoms with Gasteiger partial charge in [0.25, 0.3) is 5.91 Å². The lowest BCUT2D eigenvalue weighted by Crippen LogP contribution is -2.41. The zero-order valence-electron chi connectivity index (χ0n) is 20.4. The number of rotatable bonds is 7. The summed E-state index contributed by atoms with van der Waals surface area (Å²) >= 11 is 0. The first-order valence-electron chi connectivity index (χ1n) is 12.2. The van der Waals surface area contributed by atoms with Crippen molar-refractivity contribution in [2.45, 2.75) is 39.2 Å². The van der Waals surface area contributed by atoms with E-state index in [1.807, 2.05) is 79.4 Å². The molecule has 1 heterocycles. The maximum atomic E-state index is 12.9. The van der Waals surface area contributed by atoms with Crippen LogP contribution in [0.3, 0.4) is 0 Å². The normalized spacial score (nSPS) is 15.4. The van der Waals surface area contributed by atoms with Gasteiger partial charge in [-0.1, -0.05) is 42.0 Å². The number of likely N-dealkylation sites (tertiary alicyclic amines) is 1. The molecule has 0 unspecified atom stereocenters. The summed E-state index contributed by atoms with van der Waals surface area (Å²) in [6, 6.07) is 23.2. The van der Waals surface area contributed by atoms with E-state index < -0.39 is 0 Å². The molecular weight excluding hydrogens is 438 g/mol. The number of hydrogen-bond donors (Lipinski definition) is 2. The molecule has 0 spiro atoms. The molecule has 3 aromatic carbocycles.